The van der Waals surface area contributed by atoms with E-state index in [9.17, 15) is 22.7 Å². The zero-order chi connectivity index (χ0) is 22.6. The first-order valence-electron chi connectivity index (χ1n) is 9.81. The van der Waals surface area contributed by atoms with Gasteiger partial charge >= 0.3 is 6.36 Å². The minimum atomic E-state index is -4.79. The van der Waals surface area contributed by atoms with Gasteiger partial charge in [0.2, 0.25) is 0 Å². The Hall–Kier alpha value is -3.09. The summed E-state index contributed by atoms with van der Waals surface area (Å²) in [6.07, 6.45) is -2.79. The summed E-state index contributed by atoms with van der Waals surface area (Å²) >= 11 is 0. The minimum Gasteiger partial charge on any atom is -0.507 e. The summed E-state index contributed by atoms with van der Waals surface area (Å²) in [6.45, 7) is 2.04. The van der Waals surface area contributed by atoms with Gasteiger partial charge in [-0.25, -0.2) is 8.78 Å². The number of aromatic hydroxyl groups is 1. The predicted molar refractivity (Wildman–Crippen MR) is 108 cm³/mol. The third kappa shape index (κ3) is 5.75. The van der Waals surface area contributed by atoms with Crippen LogP contribution in [-0.2, 0) is 19.3 Å². The summed E-state index contributed by atoms with van der Waals surface area (Å²) in [7, 11) is 0. The van der Waals surface area contributed by atoms with Crippen LogP contribution >= 0.6 is 0 Å². The zero-order valence-corrected chi connectivity index (χ0v) is 16.8. The highest BCUT2D eigenvalue weighted by Gasteiger charge is 2.31. The first-order valence-corrected chi connectivity index (χ1v) is 9.81. The van der Waals surface area contributed by atoms with Crippen LogP contribution in [0.5, 0.6) is 11.5 Å². The van der Waals surface area contributed by atoms with Crippen molar-refractivity contribution in [2.45, 2.75) is 39.0 Å². The smallest absolute Gasteiger partial charge is 0.507 e. The molecule has 7 heteroatoms. The molecule has 0 bridgehead atoms. The number of hydrogen-bond donors (Lipinski definition) is 1. The van der Waals surface area contributed by atoms with Gasteiger partial charge < -0.3 is 9.84 Å². The molecule has 0 heterocycles. The second-order valence-electron chi connectivity index (χ2n) is 7.18. The fourth-order valence-electron chi connectivity index (χ4n) is 3.41. The lowest BCUT2D eigenvalue weighted by molar-refractivity contribution is -0.274. The van der Waals surface area contributed by atoms with Gasteiger partial charge in [-0.1, -0.05) is 49.7 Å². The Morgan fingerprint density at radius 2 is 1.42 bits per heavy atom. The van der Waals surface area contributed by atoms with E-state index in [1.807, 2.05) is 19.1 Å². The largest absolute Gasteiger partial charge is 0.573 e. The molecule has 3 aromatic carbocycles. The molecule has 0 spiro atoms. The molecule has 3 aromatic rings. The normalized spacial score (nSPS) is 11.5. The van der Waals surface area contributed by atoms with Crippen molar-refractivity contribution in [1.82, 2.24) is 0 Å². The van der Waals surface area contributed by atoms with E-state index in [4.69, 9.17) is 0 Å². The summed E-state index contributed by atoms with van der Waals surface area (Å²) < 4.78 is 70.1. The average molecular weight is 436 g/mol. The zero-order valence-electron chi connectivity index (χ0n) is 16.8. The molecule has 0 aromatic heterocycles. The van der Waals surface area contributed by atoms with Crippen LogP contribution in [0.1, 0.15) is 30.0 Å². The van der Waals surface area contributed by atoms with Crippen molar-refractivity contribution in [3.05, 3.63) is 82.9 Å². The van der Waals surface area contributed by atoms with Crippen molar-refractivity contribution in [2.75, 3.05) is 0 Å². The Kier molecular flexibility index (Phi) is 6.83. The SMILES string of the molecule is CCCc1ccc(-c2c(O)cc(F)c(CCc3ccc(OC(F)(F)F)cc3)c2F)cc1. The van der Waals surface area contributed by atoms with Crippen molar-refractivity contribution < 1.29 is 31.8 Å². The fraction of sp³-hybridized carbons (Fsp3) is 0.250. The number of hydrogen-bond acceptors (Lipinski definition) is 2. The van der Waals surface area contributed by atoms with Crippen LogP contribution in [-0.4, -0.2) is 11.5 Å². The molecule has 3 rings (SSSR count). The second-order valence-corrected chi connectivity index (χ2v) is 7.18. The molecule has 31 heavy (non-hydrogen) atoms. The van der Waals surface area contributed by atoms with E-state index in [0.717, 1.165) is 36.6 Å². The molecule has 0 saturated heterocycles. The van der Waals surface area contributed by atoms with Crippen molar-refractivity contribution >= 4 is 0 Å². The summed E-state index contributed by atoms with van der Waals surface area (Å²) in [6, 6.07) is 13.0. The monoisotopic (exact) mass is 436 g/mol. The van der Waals surface area contributed by atoms with Crippen LogP contribution in [0.3, 0.4) is 0 Å². The van der Waals surface area contributed by atoms with Crippen molar-refractivity contribution in [3.63, 3.8) is 0 Å². The summed E-state index contributed by atoms with van der Waals surface area (Å²) in [5, 5.41) is 10.1. The maximum atomic E-state index is 15.1. The standard InChI is InChI=1S/C24H21F5O2/c1-2-3-15-4-9-17(10-5-15)22-21(30)14-20(25)19(23(22)26)13-8-16-6-11-18(12-7-16)31-24(27,28)29/h4-7,9-12,14,30H,2-3,8,13H2,1H3. The van der Waals surface area contributed by atoms with Crippen LogP contribution in [0.25, 0.3) is 11.1 Å². The summed E-state index contributed by atoms with van der Waals surface area (Å²) in [5.74, 6) is -2.58. The predicted octanol–water partition coefficient (Wildman–Crippen LogP) is 6.97. The number of ether oxygens (including phenoxy) is 1. The number of phenols is 1. The van der Waals surface area contributed by atoms with E-state index in [0.29, 0.717) is 11.1 Å². The summed E-state index contributed by atoms with van der Waals surface area (Å²) in [4.78, 5) is 0. The molecule has 0 atom stereocenters. The van der Waals surface area contributed by atoms with Gasteiger partial charge in [-0.2, -0.15) is 0 Å². The maximum Gasteiger partial charge on any atom is 0.573 e. The number of alkyl halides is 3. The molecule has 0 aliphatic carbocycles. The van der Waals surface area contributed by atoms with Gasteiger partial charge in [0.15, 0.2) is 0 Å². The van der Waals surface area contributed by atoms with E-state index in [2.05, 4.69) is 4.74 Å². The van der Waals surface area contributed by atoms with Gasteiger partial charge in [0.1, 0.15) is 23.1 Å². The molecule has 1 N–H and O–H groups in total. The fourth-order valence-corrected chi connectivity index (χ4v) is 3.41. The Morgan fingerprint density at radius 1 is 0.839 bits per heavy atom. The number of halogens is 5. The highest BCUT2D eigenvalue weighted by Crippen LogP contribution is 2.36. The van der Waals surface area contributed by atoms with Gasteiger partial charge in [-0.3, -0.25) is 0 Å². The lowest BCUT2D eigenvalue weighted by Gasteiger charge is -2.13. The molecular formula is C24H21F5O2. The topological polar surface area (TPSA) is 29.5 Å². The molecule has 0 fully saturated rings. The Balaban J connectivity index is 1.81. The number of aryl methyl sites for hydroxylation is 2. The molecule has 2 nitrogen and oxygen atoms in total. The number of phenolic OH excluding ortho intramolecular Hbond substituents is 1. The van der Waals surface area contributed by atoms with Gasteiger partial charge in [0, 0.05) is 11.6 Å². The molecule has 0 amide bonds. The molecule has 164 valence electrons. The van der Waals surface area contributed by atoms with Crippen LogP contribution in [0.4, 0.5) is 22.0 Å². The first-order chi connectivity index (χ1) is 14.7. The number of rotatable bonds is 7. The third-order valence-corrected chi connectivity index (χ3v) is 4.89. The second kappa shape index (κ2) is 9.37. The van der Waals surface area contributed by atoms with Gasteiger partial charge in [0.25, 0.3) is 0 Å². The maximum absolute atomic E-state index is 15.1. The Bertz CT molecular complexity index is 1030. The van der Waals surface area contributed by atoms with E-state index in [1.54, 1.807) is 12.1 Å². The van der Waals surface area contributed by atoms with E-state index in [1.165, 1.54) is 12.1 Å². The minimum absolute atomic E-state index is 0.0294. The molecule has 0 aliphatic rings. The molecule has 0 radical (unpaired) electrons. The van der Waals surface area contributed by atoms with Crippen LogP contribution in [0, 0.1) is 11.6 Å². The Morgan fingerprint density at radius 3 is 2.00 bits per heavy atom. The van der Waals surface area contributed by atoms with Crippen LogP contribution < -0.4 is 4.74 Å². The van der Waals surface area contributed by atoms with Crippen molar-refractivity contribution in [3.8, 4) is 22.6 Å². The van der Waals surface area contributed by atoms with Gasteiger partial charge in [-0.05, 0) is 48.1 Å². The third-order valence-electron chi connectivity index (χ3n) is 4.89. The van der Waals surface area contributed by atoms with Crippen molar-refractivity contribution in [2.24, 2.45) is 0 Å². The van der Waals surface area contributed by atoms with Gasteiger partial charge in [0.05, 0.1) is 5.56 Å². The lowest BCUT2D eigenvalue weighted by atomic mass is 9.95. The molecule has 0 saturated carbocycles. The molecule has 0 unspecified atom stereocenters. The molecule has 0 aliphatic heterocycles. The van der Waals surface area contributed by atoms with E-state index >= 15 is 4.39 Å². The number of benzene rings is 3. The lowest BCUT2D eigenvalue weighted by Crippen LogP contribution is -2.17. The van der Waals surface area contributed by atoms with Crippen molar-refractivity contribution in [1.29, 1.82) is 0 Å². The Labute approximate surface area is 176 Å². The molecular weight excluding hydrogens is 415 g/mol. The quantitative estimate of drug-likeness (QED) is 0.405. The van der Waals surface area contributed by atoms with E-state index < -0.39 is 23.7 Å². The van der Waals surface area contributed by atoms with Crippen LogP contribution in [0.2, 0.25) is 0 Å². The summed E-state index contributed by atoms with van der Waals surface area (Å²) in [5.41, 5.74) is 1.83. The highest BCUT2D eigenvalue weighted by molar-refractivity contribution is 5.72. The average Bonchev–Trinajstić information content (AvgIpc) is 2.69. The van der Waals surface area contributed by atoms with Gasteiger partial charge in [-0.15, -0.1) is 13.2 Å². The van der Waals surface area contributed by atoms with Crippen LogP contribution in [0.15, 0.2) is 54.6 Å². The van der Waals surface area contributed by atoms with E-state index in [-0.39, 0.29) is 29.7 Å². The first kappa shape index (κ1) is 22.6. The highest BCUT2D eigenvalue weighted by atomic mass is 19.4.